The molecule has 1 aliphatic rings. The first kappa shape index (κ1) is 21.2. The molecule has 1 fully saturated rings. The summed E-state index contributed by atoms with van der Waals surface area (Å²) in [6.07, 6.45) is 0. The van der Waals surface area contributed by atoms with E-state index in [-0.39, 0.29) is 11.8 Å². The molecule has 1 saturated heterocycles. The highest BCUT2D eigenvalue weighted by Crippen LogP contribution is 2.26. The molecule has 0 saturated carbocycles. The number of thiazole rings is 1. The lowest BCUT2D eigenvalue weighted by Gasteiger charge is -2.25. The summed E-state index contributed by atoms with van der Waals surface area (Å²) < 4.78 is 5.30. The Morgan fingerprint density at radius 1 is 1.10 bits per heavy atom. The molecule has 7 nitrogen and oxygen atoms in total. The van der Waals surface area contributed by atoms with Crippen molar-refractivity contribution in [1.82, 2.24) is 9.88 Å². The standard InChI is InChI=1S/C23H24N4O3S/c1-16-3-2-4-18(13-16)22(29)24-19-7-5-17(6-8-19)20-15-31-23(25-20)26-21(28)14-27-9-11-30-12-10-27/h2-8,13,15H,9-12,14H2,1H3,(H,24,29)(H,25,26,28). The molecule has 0 spiro atoms. The van der Waals surface area contributed by atoms with E-state index in [4.69, 9.17) is 4.74 Å². The number of morpholine rings is 1. The molecule has 1 aromatic heterocycles. The number of aryl methyl sites for hydroxylation is 1. The Kier molecular flexibility index (Phi) is 6.71. The molecule has 0 unspecified atom stereocenters. The molecule has 2 heterocycles. The first-order chi connectivity index (χ1) is 15.1. The Morgan fingerprint density at radius 3 is 2.61 bits per heavy atom. The number of hydrogen-bond donors (Lipinski definition) is 2. The predicted octanol–water partition coefficient (Wildman–Crippen LogP) is 3.64. The molecule has 2 amide bonds. The monoisotopic (exact) mass is 436 g/mol. The minimum atomic E-state index is -0.143. The van der Waals surface area contributed by atoms with Crippen molar-refractivity contribution in [3.05, 3.63) is 65.0 Å². The van der Waals surface area contributed by atoms with Crippen LogP contribution in [0.5, 0.6) is 0 Å². The van der Waals surface area contributed by atoms with E-state index in [0.29, 0.717) is 36.1 Å². The molecule has 160 valence electrons. The summed E-state index contributed by atoms with van der Waals surface area (Å²) in [5.41, 5.74) is 4.08. The summed E-state index contributed by atoms with van der Waals surface area (Å²) in [6, 6.07) is 15.0. The van der Waals surface area contributed by atoms with Crippen molar-refractivity contribution in [2.45, 2.75) is 6.92 Å². The molecule has 1 aliphatic heterocycles. The van der Waals surface area contributed by atoms with E-state index in [1.807, 2.05) is 54.8 Å². The van der Waals surface area contributed by atoms with E-state index in [0.717, 1.165) is 29.9 Å². The van der Waals surface area contributed by atoms with Crippen LogP contribution in [-0.4, -0.2) is 54.5 Å². The molecular formula is C23H24N4O3S. The van der Waals surface area contributed by atoms with Crippen LogP contribution in [0.15, 0.2) is 53.9 Å². The van der Waals surface area contributed by atoms with Gasteiger partial charge in [-0.25, -0.2) is 4.98 Å². The van der Waals surface area contributed by atoms with Gasteiger partial charge in [0.2, 0.25) is 5.91 Å². The van der Waals surface area contributed by atoms with Crippen LogP contribution in [0.25, 0.3) is 11.3 Å². The van der Waals surface area contributed by atoms with Crippen LogP contribution >= 0.6 is 11.3 Å². The zero-order chi connectivity index (χ0) is 21.6. The Morgan fingerprint density at radius 2 is 1.87 bits per heavy atom. The van der Waals surface area contributed by atoms with E-state index in [2.05, 4.69) is 20.5 Å². The summed E-state index contributed by atoms with van der Waals surface area (Å²) in [7, 11) is 0. The van der Waals surface area contributed by atoms with Crippen molar-refractivity contribution in [3.8, 4) is 11.3 Å². The zero-order valence-corrected chi connectivity index (χ0v) is 18.1. The Bertz CT molecular complexity index is 1060. The number of nitrogens with one attached hydrogen (secondary N) is 2. The van der Waals surface area contributed by atoms with Crippen LogP contribution in [0.3, 0.4) is 0 Å². The van der Waals surface area contributed by atoms with Gasteiger partial charge < -0.3 is 15.4 Å². The molecular weight excluding hydrogens is 412 g/mol. The number of anilines is 2. The molecule has 0 bridgehead atoms. The third kappa shape index (κ3) is 5.75. The molecule has 8 heteroatoms. The molecule has 0 aliphatic carbocycles. The Labute approximate surface area is 185 Å². The average Bonchev–Trinajstić information content (AvgIpc) is 3.23. The maximum absolute atomic E-state index is 12.4. The summed E-state index contributed by atoms with van der Waals surface area (Å²) in [5.74, 6) is -0.215. The van der Waals surface area contributed by atoms with Gasteiger partial charge in [-0.05, 0) is 31.2 Å². The van der Waals surface area contributed by atoms with Gasteiger partial charge in [0.05, 0.1) is 25.5 Å². The summed E-state index contributed by atoms with van der Waals surface area (Å²) >= 11 is 1.39. The van der Waals surface area contributed by atoms with E-state index in [1.165, 1.54) is 11.3 Å². The number of aromatic nitrogens is 1. The van der Waals surface area contributed by atoms with Gasteiger partial charge in [0.1, 0.15) is 0 Å². The van der Waals surface area contributed by atoms with Crippen molar-refractivity contribution < 1.29 is 14.3 Å². The van der Waals surface area contributed by atoms with E-state index >= 15 is 0 Å². The van der Waals surface area contributed by atoms with Crippen LogP contribution in [0.2, 0.25) is 0 Å². The number of carbonyl (C=O) groups excluding carboxylic acids is 2. The first-order valence-corrected chi connectivity index (χ1v) is 11.0. The number of benzene rings is 2. The van der Waals surface area contributed by atoms with Crippen LogP contribution in [0, 0.1) is 6.92 Å². The minimum absolute atomic E-state index is 0.0722. The number of amides is 2. The summed E-state index contributed by atoms with van der Waals surface area (Å²) in [5, 5.41) is 8.26. The lowest BCUT2D eigenvalue weighted by atomic mass is 10.1. The normalized spacial score (nSPS) is 14.2. The largest absolute Gasteiger partial charge is 0.379 e. The SMILES string of the molecule is Cc1cccc(C(=O)Nc2ccc(-c3csc(NC(=O)CN4CCOCC4)n3)cc2)c1. The smallest absolute Gasteiger partial charge is 0.255 e. The number of ether oxygens (including phenoxy) is 1. The summed E-state index contributed by atoms with van der Waals surface area (Å²) in [6.45, 7) is 5.16. The number of nitrogens with zero attached hydrogens (tertiary/aromatic N) is 2. The molecule has 31 heavy (non-hydrogen) atoms. The molecule has 4 rings (SSSR count). The van der Waals surface area contributed by atoms with Crippen LogP contribution in [0.1, 0.15) is 15.9 Å². The second kappa shape index (κ2) is 9.82. The Balaban J connectivity index is 1.34. The number of rotatable bonds is 6. The highest BCUT2D eigenvalue weighted by atomic mass is 32.1. The third-order valence-corrected chi connectivity index (χ3v) is 5.70. The zero-order valence-electron chi connectivity index (χ0n) is 17.3. The van der Waals surface area contributed by atoms with Crippen molar-refractivity contribution >= 4 is 34.0 Å². The highest BCUT2D eigenvalue weighted by Gasteiger charge is 2.15. The summed E-state index contributed by atoms with van der Waals surface area (Å²) in [4.78, 5) is 31.2. The van der Waals surface area contributed by atoms with E-state index in [1.54, 1.807) is 6.07 Å². The van der Waals surface area contributed by atoms with Gasteiger partial charge in [-0.1, -0.05) is 29.8 Å². The second-order valence-corrected chi connectivity index (χ2v) is 8.23. The van der Waals surface area contributed by atoms with Gasteiger partial charge in [-0.15, -0.1) is 11.3 Å². The van der Waals surface area contributed by atoms with Gasteiger partial charge in [0.15, 0.2) is 5.13 Å². The topological polar surface area (TPSA) is 83.6 Å². The third-order valence-electron chi connectivity index (χ3n) is 4.94. The van der Waals surface area contributed by atoms with Crippen molar-refractivity contribution in [1.29, 1.82) is 0 Å². The lowest BCUT2D eigenvalue weighted by molar-refractivity contribution is -0.118. The lowest BCUT2D eigenvalue weighted by Crippen LogP contribution is -2.41. The van der Waals surface area contributed by atoms with Crippen molar-refractivity contribution in [3.63, 3.8) is 0 Å². The van der Waals surface area contributed by atoms with Gasteiger partial charge in [0, 0.05) is 35.3 Å². The minimum Gasteiger partial charge on any atom is -0.379 e. The van der Waals surface area contributed by atoms with Gasteiger partial charge in [-0.3, -0.25) is 14.5 Å². The number of carbonyl (C=O) groups is 2. The second-order valence-electron chi connectivity index (χ2n) is 7.38. The fraction of sp³-hybridized carbons (Fsp3) is 0.261. The molecule has 2 N–H and O–H groups in total. The highest BCUT2D eigenvalue weighted by molar-refractivity contribution is 7.14. The molecule has 0 radical (unpaired) electrons. The molecule has 2 aromatic carbocycles. The fourth-order valence-corrected chi connectivity index (χ4v) is 4.03. The molecule has 3 aromatic rings. The van der Waals surface area contributed by atoms with E-state index < -0.39 is 0 Å². The molecule has 0 atom stereocenters. The quantitative estimate of drug-likeness (QED) is 0.616. The van der Waals surface area contributed by atoms with Crippen molar-refractivity contribution in [2.75, 3.05) is 43.5 Å². The Hall–Kier alpha value is -3.07. The van der Waals surface area contributed by atoms with E-state index in [9.17, 15) is 9.59 Å². The predicted molar refractivity (Wildman–Crippen MR) is 123 cm³/mol. The fourth-order valence-electron chi connectivity index (χ4n) is 3.30. The van der Waals surface area contributed by atoms with Gasteiger partial charge >= 0.3 is 0 Å². The maximum atomic E-state index is 12.4. The van der Waals surface area contributed by atoms with Gasteiger partial charge in [-0.2, -0.15) is 0 Å². The van der Waals surface area contributed by atoms with Gasteiger partial charge in [0.25, 0.3) is 5.91 Å². The average molecular weight is 437 g/mol. The van der Waals surface area contributed by atoms with Crippen LogP contribution in [-0.2, 0) is 9.53 Å². The number of hydrogen-bond acceptors (Lipinski definition) is 6. The van der Waals surface area contributed by atoms with Crippen molar-refractivity contribution in [2.24, 2.45) is 0 Å². The first-order valence-electron chi connectivity index (χ1n) is 10.1. The van der Waals surface area contributed by atoms with Crippen LogP contribution in [0.4, 0.5) is 10.8 Å². The maximum Gasteiger partial charge on any atom is 0.255 e. The van der Waals surface area contributed by atoms with Crippen LogP contribution < -0.4 is 10.6 Å².